The second-order valence-corrected chi connectivity index (χ2v) is 12.2. The molecule has 2 saturated carbocycles. The number of benzene rings is 3. The molecule has 0 unspecified atom stereocenters. The highest BCUT2D eigenvalue weighted by atomic mass is 16.5. The first-order valence-corrected chi connectivity index (χ1v) is 14.7. The fraction of sp³-hybridized carbons (Fsp3) is 0.457. The number of carboxylic acid groups (broad SMARTS) is 1. The van der Waals surface area contributed by atoms with E-state index in [2.05, 4.69) is 61.5 Å². The molecule has 0 heterocycles. The summed E-state index contributed by atoms with van der Waals surface area (Å²) in [5, 5.41) is 9.60. The number of ether oxygens (including phenoxy) is 2. The van der Waals surface area contributed by atoms with Crippen LogP contribution >= 0.6 is 0 Å². The van der Waals surface area contributed by atoms with Gasteiger partial charge in [-0.3, -0.25) is 4.79 Å². The van der Waals surface area contributed by atoms with Crippen LogP contribution in [0.3, 0.4) is 0 Å². The predicted molar refractivity (Wildman–Crippen MR) is 153 cm³/mol. The molecule has 6 rings (SSSR count). The molecule has 3 aromatic carbocycles. The van der Waals surface area contributed by atoms with Crippen LogP contribution in [0.4, 0.5) is 0 Å². The van der Waals surface area contributed by atoms with E-state index in [1.54, 1.807) is 0 Å². The molecule has 204 valence electrons. The Morgan fingerprint density at radius 1 is 0.923 bits per heavy atom. The third-order valence-electron chi connectivity index (χ3n) is 10.0. The van der Waals surface area contributed by atoms with Crippen molar-refractivity contribution < 1.29 is 19.4 Å². The van der Waals surface area contributed by atoms with Crippen LogP contribution in [0.2, 0.25) is 0 Å². The number of aliphatic carboxylic acids is 1. The molecule has 3 aliphatic rings. The van der Waals surface area contributed by atoms with Crippen molar-refractivity contribution in [2.24, 2.45) is 23.2 Å². The van der Waals surface area contributed by atoms with Crippen molar-refractivity contribution in [2.45, 2.75) is 77.1 Å². The van der Waals surface area contributed by atoms with E-state index < -0.39 is 5.97 Å². The number of carbonyl (C=O) groups is 1. The van der Waals surface area contributed by atoms with Gasteiger partial charge in [-0.05, 0) is 102 Å². The highest BCUT2D eigenvalue weighted by molar-refractivity contribution is 5.66. The molecule has 2 fully saturated rings. The van der Waals surface area contributed by atoms with Gasteiger partial charge in [-0.1, -0.05) is 73.7 Å². The molecule has 0 aliphatic heterocycles. The van der Waals surface area contributed by atoms with Crippen LogP contribution < -0.4 is 4.74 Å². The molecule has 0 bridgehead atoms. The van der Waals surface area contributed by atoms with Crippen LogP contribution in [-0.4, -0.2) is 17.2 Å². The normalized spacial score (nSPS) is 29.2. The zero-order valence-electron chi connectivity index (χ0n) is 22.9. The minimum atomic E-state index is -0.692. The van der Waals surface area contributed by atoms with E-state index in [1.807, 2.05) is 24.3 Å². The third kappa shape index (κ3) is 5.36. The lowest BCUT2D eigenvalue weighted by atomic mass is 9.51. The highest BCUT2D eigenvalue weighted by Crippen LogP contribution is 2.64. The van der Waals surface area contributed by atoms with E-state index in [4.69, 9.17) is 9.47 Å². The molecule has 3 aliphatic carbocycles. The average Bonchev–Trinajstić information content (AvgIpc) is 3.30. The molecule has 0 aromatic heterocycles. The van der Waals surface area contributed by atoms with Crippen LogP contribution in [0, 0.1) is 23.2 Å². The number of hydrogen-bond acceptors (Lipinski definition) is 3. The summed E-state index contributed by atoms with van der Waals surface area (Å²) < 4.78 is 12.8. The van der Waals surface area contributed by atoms with Gasteiger partial charge in [0.05, 0.1) is 12.7 Å². The summed E-state index contributed by atoms with van der Waals surface area (Å²) in [6.07, 6.45) is 6.76. The van der Waals surface area contributed by atoms with Crippen LogP contribution in [0.15, 0.2) is 78.9 Å². The summed E-state index contributed by atoms with van der Waals surface area (Å²) in [6.45, 7) is 3.66. The minimum Gasteiger partial charge on any atom is -0.489 e. The smallest absolute Gasteiger partial charge is 0.303 e. The fourth-order valence-corrected chi connectivity index (χ4v) is 8.28. The Balaban J connectivity index is 1.23. The van der Waals surface area contributed by atoms with Gasteiger partial charge in [-0.15, -0.1) is 0 Å². The molecule has 0 radical (unpaired) electrons. The molecular formula is C35H40O4. The standard InChI is InChI=1S/C35H40O4/c1-35-21-27(13-19-33(36)37)34-29-16-14-28(38-22-24-8-4-2-5-9-24)20-26(29)12-15-30(34)31(35)17-18-32(35)39-23-25-10-6-3-7-11-25/h2-11,14,16,20,27,30-32,34H,12-13,15,17-19,21-23H2,1H3,(H,36,37)/t27-,30-,31-,32-,34+,35-/m0/s1. The van der Waals surface area contributed by atoms with E-state index >= 15 is 0 Å². The van der Waals surface area contributed by atoms with Crippen molar-refractivity contribution in [1.29, 1.82) is 0 Å². The van der Waals surface area contributed by atoms with Gasteiger partial charge in [-0.25, -0.2) is 0 Å². The quantitative estimate of drug-likeness (QED) is 0.310. The summed E-state index contributed by atoms with van der Waals surface area (Å²) in [4.78, 5) is 11.7. The summed E-state index contributed by atoms with van der Waals surface area (Å²) in [6, 6.07) is 27.4. The van der Waals surface area contributed by atoms with Crippen molar-refractivity contribution in [3.63, 3.8) is 0 Å². The van der Waals surface area contributed by atoms with Gasteiger partial charge in [0.2, 0.25) is 0 Å². The van der Waals surface area contributed by atoms with Crippen molar-refractivity contribution in [3.05, 3.63) is 101 Å². The Morgan fingerprint density at radius 2 is 1.64 bits per heavy atom. The van der Waals surface area contributed by atoms with Gasteiger partial charge < -0.3 is 14.6 Å². The van der Waals surface area contributed by atoms with Gasteiger partial charge in [-0.2, -0.15) is 0 Å². The molecule has 3 aromatic rings. The molecular weight excluding hydrogens is 484 g/mol. The zero-order valence-corrected chi connectivity index (χ0v) is 22.9. The SMILES string of the molecule is C[C@]12C[C@H](CCC(=O)O)[C@@H]3c4ccc(OCc5ccccc5)cc4CC[C@H]3[C@@H]1CC[C@@H]2OCc1ccccc1. The van der Waals surface area contributed by atoms with Crippen molar-refractivity contribution >= 4 is 5.97 Å². The Morgan fingerprint density at radius 3 is 2.36 bits per heavy atom. The maximum Gasteiger partial charge on any atom is 0.303 e. The molecule has 0 spiro atoms. The maximum atomic E-state index is 11.7. The van der Waals surface area contributed by atoms with Gasteiger partial charge in [0.15, 0.2) is 0 Å². The topological polar surface area (TPSA) is 55.8 Å². The van der Waals surface area contributed by atoms with E-state index in [0.29, 0.717) is 36.9 Å². The molecule has 4 nitrogen and oxygen atoms in total. The summed E-state index contributed by atoms with van der Waals surface area (Å²) >= 11 is 0. The number of rotatable bonds is 9. The predicted octanol–water partition coefficient (Wildman–Crippen LogP) is 7.80. The number of hydrogen-bond donors (Lipinski definition) is 1. The Kier molecular flexibility index (Phi) is 7.49. The number of fused-ring (bicyclic) bond motifs is 5. The Hall–Kier alpha value is -3.11. The lowest BCUT2D eigenvalue weighted by Gasteiger charge is -2.54. The molecule has 1 N–H and O–H groups in total. The van der Waals surface area contributed by atoms with E-state index in [-0.39, 0.29) is 17.9 Å². The second-order valence-electron chi connectivity index (χ2n) is 12.2. The minimum absolute atomic E-state index is 0.0926. The molecule has 6 atom stereocenters. The summed E-state index contributed by atoms with van der Waals surface area (Å²) in [5.74, 6) is 2.20. The lowest BCUT2D eigenvalue weighted by molar-refractivity contribution is -0.138. The van der Waals surface area contributed by atoms with E-state index in [9.17, 15) is 9.90 Å². The second kappa shape index (κ2) is 11.2. The van der Waals surface area contributed by atoms with Gasteiger partial charge >= 0.3 is 5.97 Å². The summed E-state index contributed by atoms with van der Waals surface area (Å²) in [7, 11) is 0. The first-order valence-electron chi connectivity index (χ1n) is 14.7. The Labute approximate surface area is 232 Å². The van der Waals surface area contributed by atoms with Gasteiger partial charge in [0.1, 0.15) is 12.4 Å². The number of aryl methyl sites for hydroxylation is 1. The Bertz CT molecular complexity index is 1270. The van der Waals surface area contributed by atoms with Crippen LogP contribution in [0.5, 0.6) is 5.75 Å². The van der Waals surface area contributed by atoms with Crippen LogP contribution in [0.1, 0.15) is 73.6 Å². The molecule has 4 heteroatoms. The van der Waals surface area contributed by atoms with Crippen molar-refractivity contribution in [3.8, 4) is 5.75 Å². The lowest BCUT2D eigenvalue weighted by Crippen LogP contribution is -2.48. The first kappa shape index (κ1) is 26.1. The van der Waals surface area contributed by atoms with Gasteiger partial charge in [0, 0.05) is 6.42 Å². The highest BCUT2D eigenvalue weighted by Gasteiger charge is 2.58. The van der Waals surface area contributed by atoms with E-state index in [1.165, 1.54) is 28.7 Å². The molecule has 0 amide bonds. The third-order valence-corrected chi connectivity index (χ3v) is 10.0. The van der Waals surface area contributed by atoms with Gasteiger partial charge in [0.25, 0.3) is 0 Å². The molecule has 39 heavy (non-hydrogen) atoms. The van der Waals surface area contributed by atoms with Crippen LogP contribution in [-0.2, 0) is 29.2 Å². The molecule has 0 saturated heterocycles. The fourth-order valence-electron chi connectivity index (χ4n) is 8.28. The van der Waals surface area contributed by atoms with Crippen LogP contribution in [0.25, 0.3) is 0 Å². The summed E-state index contributed by atoms with van der Waals surface area (Å²) in [5.41, 5.74) is 5.30. The zero-order chi connectivity index (χ0) is 26.8. The van der Waals surface area contributed by atoms with Crippen molar-refractivity contribution in [1.82, 2.24) is 0 Å². The number of carboxylic acids is 1. The maximum absolute atomic E-state index is 11.7. The first-order chi connectivity index (χ1) is 19.0. The monoisotopic (exact) mass is 524 g/mol. The van der Waals surface area contributed by atoms with Crippen molar-refractivity contribution in [2.75, 3.05) is 0 Å². The average molecular weight is 525 g/mol. The largest absolute Gasteiger partial charge is 0.489 e. The van der Waals surface area contributed by atoms with E-state index in [0.717, 1.165) is 37.9 Å².